The summed E-state index contributed by atoms with van der Waals surface area (Å²) in [4.78, 5) is 0. The van der Waals surface area contributed by atoms with Crippen LogP contribution in [0.2, 0.25) is 0 Å². The highest BCUT2D eigenvalue weighted by molar-refractivity contribution is 5.50. The van der Waals surface area contributed by atoms with Crippen molar-refractivity contribution in [1.29, 1.82) is 0 Å². The van der Waals surface area contributed by atoms with Gasteiger partial charge in [-0.25, -0.2) is 0 Å². The van der Waals surface area contributed by atoms with Gasteiger partial charge in [-0.3, -0.25) is 0 Å². The lowest BCUT2D eigenvalue weighted by molar-refractivity contribution is 0.317. The molecule has 4 aliphatic rings. The summed E-state index contributed by atoms with van der Waals surface area (Å²) in [6.07, 6.45) is 9.61. The molecule has 0 radical (unpaired) electrons. The summed E-state index contributed by atoms with van der Waals surface area (Å²) in [6.45, 7) is 0. The first-order valence-electron chi connectivity index (χ1n) is 5.40. The van der Waals surface area contributed by atoms with E-state index < -0.39 is 0 Å². The minimum atomic E-state index is 0.672. The van der Waals surface area contributed by atoms with E-state index in [1.54, 1.807) is 11.1 Å². The minimum absolute atomic E-state index is 0.672. The fraction of sp³-hybridized carbons (Fsp3) is 0.286. The van der Waals surface area contributed by atoms with Gasteiger partial charge in [0, 0.05) is 11.8 Å². The molecule has 5 rings (SSSR count). The summed E-state index contributed by atoms with van der Waals surface area (Å²) in [5, 5.41) is 0. The highest BCUT2D eigenvalue weighted by Gasteiger charge is 2.44. The summed E-state index contributed by atoms with van der Waals surface area (Å²) in [5.41, 5.74) is 3.15. The smallest absolute Gasteiger partial charge is 0.00899 e. The molecule has 2 bridgehead atoms. The van der Waals surface area contributed by atoms with Crippen LogP contribution in [0.5, 0.6) is 0 Å². The molecule has 0 amide bonds. The van der Waals surface area contributed by atoms with Gasteiger partial charge < -0.3 is 0 Å². The molecule has 0 unspecified atom stereocenters. The molecule has 0 saturated heterocycles. The molecule has 0 heteroatoms. The molecule has 0 aliphatic heterocycles. The van der Waals surface area contributed by atoms with Gasteiger partial charge in [-0.15, -0.1) is 0 Å². The molecule has 0 aromatic heterocycles. The van der Waals surface area contributed by atoms with E-state index in [0.29, 0.717) is 11.8 Å². The summed E-state index contributed by atoms with van der Waals surface area (Å²) in [7, 11) is 0. The van der Waals surface area contributed by atoms with Crippen molar-refractivity contribution in [2.45, 2.75) is 11.8 Å². The van der Waals surface area contributed by atoms with Crippen LogP contribution in [0, 0.1) is 11.8 Å². The maximum Gasteiger partial charge on any atom is 0.00899 e. The van der Waals surface area contributed by atoms with Crippen LogP contribution in [-0.4, -0.2) is 0 Å². The third-order valence-electron chi connectivity index (χ3n) is 4.07. The number of rotatable bonds is 0. The second kappa shape index (κ2) is 2.20. The molecule has 0 fully saturated rings. The summed E-state index contributed by atoms with van der Waals surface area (Å²) < 4.78 is 0. The lowest BCUT2D eigenvalue weighted by Crippen LogP contribution is -2.37. The van der Waals surface area contributed by atoms with Crippen LogP contribution < -0.4 is 0 Å². The summed E-state index contributed by atoms with van der Waals surface area (Å²) in [6, 6.07) is 8.95. The summed E-state index contributed by atoms with van der Waals surface area (Å²) >= 11 is 0. The van der Waals surface area contributed by atoms with E-state index in [1.165, 1.54) is 0 Å². The Morgan fingerprint density at radius 1 is 0.643 bits per heavy atom. The highest BCUT2D eigenvalue weighted by Crippen LogP contribution is 2.56. The molecule has 4 atom stereocenters. The van der Waals surface area contributed by atoms with E-state index in [1.807, 2.05) is 0 Å². The van der Waals surface area contributed by atoms with Crippen molar-refractivity contribution in [1.82, 2.24) is 0 Å². The molecule has 68 valence electrons. The lowest BCUT2D eigenvalue weighted by Gasteiger charge is -2.48. The van der Waals surface area contributed by atoms with E-state index in [-0.39, 0.29) is 0 Å². The first kappa shape index (κ1) is 7.05. The molecule has 1 aromatic rings. The average molecular weight is 180 g/mol. The van der Waals surface area contributed by atoms with Gasteiger partial charge in [0.15, 0.2) is 0 Å². The van der Waals surface area contributed by atoms with Gasteiger partial charge in [0.1, 0.15) is 0 Å². The van der Waals surface area contributed by atoms with Gasteiger partial charge in [0.25, 0.3) is 0 Å². The van der Waals surface area contributed by atoms with E-state index in [2.05, 4.69) is 48.6 Å². The van der Waals surface area contributed by atoms with Crippen molar-refractivity contribution in [2.24, 2.45) is 11.8 Å². The zero-order valence-electron chi connectivity index (χ0n) is 7.93. The first-order valence-corrected chi connectivity index (χ1v) is 5.40. The number of benzene rings is 1. The third-order valence-corrected chi connectivity index (χ3v) is 4.07. The van der Waals surface area contributed by atoms with E-state index in [9.17, 15) is 0 Å². The van der Waals surface area contributed by atoms with Crippen molar-refractivity contribution in [3.63, 3.8) is 0 Å². The second-order valence-corrected chi connectivity index (χ2v) is 4.60. The molecule has 0 nitrogen and oxygen atoms in total. The largest absolute Gasteiger partial charge is 0.0835 e. The maximum atomic E-state index is 2.41. The predicted molar refractivity (Wildman–Crippen MR) is 57.2 cm³/mol. The Morgan fingerprint density at radius 2 is 1.14 bits per heavy atom. The van der Waals surface area contributed by atoms with Crippen molar-refractivity contribution in [3.8, 4) is 0 Å². The van der Waals surface area contributed by atoms with Crippen LogP contribution in [0.15, 0.2) is 48.6 Å². The second-order valence-electron chi connectivity index (χ2n) is 4.60. The topological polar surface area (TPSA) is 0 Å². The average Bonchev–Trinajstić information content (AvgIpc) is 2.19. The predicted octanol–water partition coefficient (Wildman–Crippen LogP) is 3.24. The van der Waals surface area contributed by atoms with Gasteiger partial charge in [-0.1, -0.05) is 48.6 Å². The Morgan fingerprint density at radius 3 is 1.57 bits per heavy atom. The quantitative estimate of drug-likeness (QED) is 0.538. The minimum Gasteiger partial charge on any atom is -0.0835 e. The zero-order valence-corrected chi connectivity index (χ0v) is 7.93. The molecule has 4 aliphatic carbocycles. The molecule has 0 spiro atoms. The SMILES string of the molecule is C1=C[C@H]2[C@@H]1[C@H]1C=C[C@H]2c2ccccc21. The van der Waals surface area contributed by atoms with Crippen LogP contribution >= 0.6 is 0 Å². The van der Waals surface area contributed by atoms with Gasteiger partial charge in [0.05, 0.1) is 0 Å². The number of hydrogen-bond acceptors (Lipinski definition) is 0. The Bertz CT molecular complexity index is 412. The lowest BCUT2D eigenvalue weighted by atomic mass is 9.55. The number of allylic oxidation sites excluding steroid dienone is 4. The van der Waals surface area contributed by atoms with Crippen molar-refractivity contribution >= 4 is 0 Å². The Balaban J connectivity index is 2.00. The van der Waals surface area contributed by atoms with Crippen LogP contribution in [0.3, 0.4) is 0 Å². The molecule has 1 aromatic carbocycles. The molecular formula is C14H12. The van der Waals surface area contributed by atoms with Crippen molar-refractivity contribution < 1.29 is 0 Å². The van der Waals surface area contributed by atoms with Crippen LogP contribution in [0.1, 0.15) is 23.0 Å². The molecule has 0 saturated carbocycles. The van der Waals surface area contributed by atoms with E-state index in [4.69, 9.17) is 0 Å². The molecule has 0 heterocycles. The Hall–Kier alpha value is -1.30. The molecule has 14 heavy (non-hydrogen) atoms. The third kappa shape index (κ3) is 0.639. The maximum absolute atomic E-state index is 2.41. The Kier molecular flexibility index (Phi) is 1.11. The van der Waals surface area contributed by atoms with Gasteiger partial charge >= 0.3 is 0 Å². The first-order chi connectivity index (χ1) is 6.95. The van der Waals surface area contributed by atoms with Gasteiger partial charge in [-0.2, -0.15) is 0 Å². The highest BCUT2D eigenvalue weighted by atomic mass is 14.5. The molecule has 0 N–H and O–H groups in total. The van der Waals surface area contributed by atoms with Crippen molar-refractivity contribution in [3.05, 3.63) is 59.7 Å². The van der Waals surface area contributed by atoms with Crippen LogP contribution in [-0.2, 0) is 0 Å². The van der Waals surface area contributed by atoms with Crippen LogP contribution in [0.25, 0.3) is 0 Å². The standard InChI is InChI=1S/C14H12/c1-2-4-10-9(3-1)11-5-6-12(10)14-8-7-13(11)14/h1-8,11-14H/t11-,12-,13-,14+/m0/s1. The van der Waals surface area contributed by atoms with Crippen LogP contribution in [0.4, 0.5) is 0 Å². The number of hydrogen-bond donors (Lipinski definition) is 0. The monoisotopic (exact) mass is 180 g/mol. The van der Waals surface area contributed by atoms with E-state index in [0.717, 1.165) is 11.8 Å². The fourth-order valence-corrected chi connectivity index (χ4v) is 3.32. The molecular weight excluding hydrogens is 168 g/mol. The summed E-state index contributed by atoms with van der Waals surface area (Å²) in [5.74, 6) is 2.96. The van der Waals surface area contributed by atoms with Gasteiger partial charge in [0.2, 0.25) is 0 Å². The van der Waals surface area contributed by atoms with E-state index >= 15 is 0 Å². The zero-order chi connectivity index (χ0) is 9.12. The van der Waals surface area contributed by atoms with Gasteiger partial charge in [-0.05, 0) is 23.0 Å². The normalized spacial score (nSPS) is 40.3. The Labute approximate surface area is 84.0 Å². The van der Waals surface area contributed by atoms with Crippen molar-refractivity contribution in [2.75, 3.05) is 0 Å². The fourth-order valence-electron chi connectivity index (χ4n) is 3.32.